The van der Waals surface area contributed by atoms with E-state index in [1.807, 2.05) is 6.08 Å². The van der Waals surface area contributed by atoms with Crippen LogP contribution in [0.1, 0.15) is 149 Å². The van der Waals surface area contributed by atoms with Gasteiger partial charge in [0, 0.05) is 19.3 Å². The second-order valence-electron chi connectivity index (χ2n) is 11.2. The van der Waals surface area contributed by atoms with Gasteiger partial charge in [-0.15, -0.1) is 6.58 Å². The minimum Gasteiger partial charge on any atom is -0.477 e. The van der Waals surface area contributed by atoms with E-state index in [0.717, 1.165) is 25.7 Å². The number of hydrogen-bond acceptors (Lipinski definition) is 3. The number of aliphatic carboxylic acids is 3. The fraction of sp³-hybridized carbons (Fsp3) is 0.844. The standard InChI is InChI=1S/C32H59NO6/c1-5-9-10-11-12-13-14-15-16-17-18-19-20-21-22-23-24-25-26-33(27(6-2)30(34)35,28(7-3)31(36)37)29(8-4)32(38)39/h5,27-29H,1,6-26H2,2-4H3,(H2-,34,35,36,37,38,39)/p+1. The van der Waals surface area contributed by atoms with Crippen molar-refractivity contribution in [3.05, 3.63) is 12.7 Å². The van der Waals surface area contributed by atoms with Crippen LogP contribution in [0, 0.1) is 0 Å². The predicted octanol–water partition coefficient (Wildman–Crippen LogP) is 8.21. The van der Waals surface area contributed by atoms with E-state index in [1.54, 1.807) is 20.8 Å². The largest absolute Gasteiger partial charge is 0.477 e. The van der Waals surface area contributed by atoms with E-state index < -0.39 is 40.5 Å². The maximum Gasteiger partial charge on any atom is 0.362 e. The van der Waals surface area contributed by atoms with Crippen LogP contribution in [0.4, 0.5) is 0 Å². The molecule has 3 N–H and O–H groups in total. The first-order chi connectivity index (χ1) is 18.7. The number of carboxylic acids is 3. The Kier molecular flexibility index (Phi) is 21.8. The molecule has 0 aromatic heterocycles. The molecule has 0 saturated heterocycles. The maximum absolute atomic E-state index is 12.3. The second-order valence-corrected chi connectivity index (χ2v) is 11.2. The molecule has 0 amide bonds. The van der Waals surface area contributed by atoms with Gasteiger partial charge in [-0.3, -0.25) is 4.48 Å². The fourth-order valence-electron chi connectivity index (χ4n) is 6.43. The van der Waals surface area contributed by atoms with Crippen LogP contribution >= 0.6 is 0 Å². The third-order valence-corrected chi connectivity index (χ3v) is 8.46. The van der Waals surface area contributed by atoms with Gasteiger partial charge in [0.25, 0.3) is 0 Å². The molecule has 0 spiro atoms. The van der Waals surface area contributed by atoms with Gasteiger partial charge in [0.15, 0.2) is 18.1 Å². The van der Waals surface area contributed by atoms with E-state index >= 15 is 0 Å². The number of hydrogen-bond donors (Lipinski definition) is 3. The van der Waals surface area contributed by atoms with E-state index in [4.69, 9.17) is 0 Å². The highest BCUT2D eigenvalue weighted by Crippen LogP contribution is 2.32. The Hall–Kier alpha value is -1.89. The summed E-state index contributed by atoms with van der Waals surface area (Å²) in [4.78, 5) is 36.8. The Bertz CT molecular complexity index is 625. The van der Waals surface area contributed by atoms with Crippen LogP contribution in [0.15, 0.2) is 12.7 Å². The van der Waals surface area contributed by atoms with Crippen molar-refractivity contribution in [1.29, 1.82) is 0 Å². The lowest BCUT2D eigenvalue weighted by Gasteiger charge is -2.49. The molecule has 39 heavy (non-hydrogen) atoms. The van der Waals surface area contributed by atoms with Crippen molar-refractivity contribution >= 4 is 17.9 Å². The predicted molar refractivity (Wildman–Crippen MR) is 159 cm³/mol. The normalized spacial score (nSPS) is 15.3. The molecule has 0 radical (unpaired) electrons. The van der Waals surface area contributed by atoms with Crippen molar-refractivity contribution in [2.24, 2.45) is 0 Å². The average molecular weight is 555 g/mol. The third kappa shape index (κ3) is 13.8. The summed E-state index contributed by atoms with van der Waals surface area (Å²) >= 11 is 0. The lowest BCUT2D eigenvalue weighted by Crippen LogP contribution is -2.72. The van der Waals surface area contributed by atoms with Gasteiger partial charge < -0.3 is 15.3 Å². The summed E-state index contributed by atoms with van der Waals surface area (Å²) < 4.78 is -0.404. The zero-order chi connectivity index (χ0) is 29.5. The van der Waals surface area contributed by atoms with E-state index in [9.17, 15) is 29.7 Å². The number of allylic oxidation sites excluding steroid dienone is 1. The highest BCUT2D eigenvalue weighted by molar-refractivity contribution is 5.78. The molecule has 0 aromatic rings. The monoisotopic (exact) mass is 554 g/mol. The first-order valence-electron chi connectivity index (χ1n) is 15.9. The zero-order valence-electron chi connectivity index (χ0n) is 25.4. The first-order valence-corrected chi connectivity index (χ1v) is 15.9. The van der Waals surface area contributed by atoms with Gasteiger partial charge in [0.05, 0.1) is 6.54 Å². The third-order valence-electron chi connectivity index (χ3n) is 8.46. The Morgan fingerprint density at radius 1 is 0.538 bits per heavy atom. The number of rotatable bonds is 28. The number of quaternary nitrogens is 1. The van der Waals surface area contributed by atoms with Gasteiger partial charge >= 0.3 is 17.9 Å². The summed E-state index contributed by atoms with van der Waals surface area (Å²) in [6.07, 6.45) is 23.0. The van der Waals surface area contributed by atoms with E-state index in [2.05, 4.69) is 6.58 Å². The smallest absolute Gasteiger partial charge is 0.362 e. The van der Waals surface area contributed by atoms with E-state index in [1.165, 1.54) is 77.0 Å². The molecule has 228 valence electrons. The van der Waals surface area contributed by atoms with Crippen LogP contribution in [-0.2, 0) is 14.4 Å². The van der Waals surface area contributed by atoms with Gasteiger partial charge in [0.1, 0.15) is 0 Å². The maximum atomic E-state index is 12.3. The number of unbranched alkanes of at least 4 members (excludes halogenated alkanes) is 16. The van der Waals surface area contributed by atoms with Crippen LogP contribution in [0.25, 0.3) is 0 Å². The molecule has 3 atom stereocenters. The summed E-state index contributed by atoms with van der Waals surface area (Å²) in [6.45, 7) is 9.16. The SMILES string of the molecule is C=CCCCCCCCCCCCCCCCCCC[N+](C(CC)C(=O)O)(C(CC)C(=O)O)C(CC)C(=O)O. The quantitative estimate of drug-likeness (QED) is 0.0510. The molecule has 0 fully saturated rings. The molecule has 0 aliphatic carbocycles. The van der Waals surface area contributed by atoms with Gasteiger partial charge in [-0.25, -0.2) is 14.4 Å². The van der Waals surface area contributed by atoms with Crippen LogP contribution in [0.3, 0.4) is 0 Å². The summed E-state index contributed by atoms with van der Waals surface area (Å²) in [5.41, 5.74) is 0. The van der Waals surface area contributed by atoms with Crippen LogP contribution in [0.5, 0.6) is 0 Å². The summed E-state index contributed by atoms with van der Waals surface area (Å²) in [7, 11) is 0. The molecular formula is C32H60NO6+. The number of carbonyl (C=O) groups is 3. The Morgan fingerprint density at radius 3 is 1.03 bits per heavy atom. The zero-order valence-corrected chi connectivity index (χ0v) is 25.4. The lowest BCUT2D eigenvalue weighted by molar-refractivity contribution is -0.973. The van der Waals surface area contributed by atoms with Gasteiger partial charge in [-0.1, -0.05) is 110 Å². The van der Waals surface area contributed by atoms with Crippen molar-refractivity contribution in [3.8, 4) is 0 Å². The van der Waals surface area contributed by atoms with Gasteiger partial charge in [-0.2, -0.15) is 0 Å². The first kappa shape index (κ1) is 37.1. The van der Waals surface area contributed by atoms with Crippen LogP contribution < -0.4 is 0 Å². The van der Waals surface area contributed by atoms with Crippen LogP contribution in [-0.4, -0.2) is 62.4 Å². The molecule has 7 heteroatoms. The minimum atomic E-state index is -1.11. The highest BCUT2D eigenvalue weighted by Gasteiger charge is 2.55. The van der Waals surface area contributed by atoms with Crippen molar-refractivity contribution in [2.45, 2.75) is 167 Å². The number of carboxylic acid groups (broad SMARTS) is 3. The molecular weight excluding hydrogens is 494 g/mol. The molecule has 7 nitrogen and oxygen atoms in total. The molecule has 0 aliphatic heterocycles. The lowest BCUT2D eigenvalue weighted by atomic mass is 9.93. The van der Waals surface area contributed by atoms with E-state index in [0.29, 0.717) is 6.42 Å². The van der Waals surface area contributed by atoms with Gasteiger partial charge in [-0.05, 0) is 25.7 Å². The summed E-state index contributed by atoms with van der Waals surface area (Å²) in [5.74, 6) is -3.34. The molecule has 0 bridgehead atoms. The fourth-order valence-corrected chi connectivity index (χ4v) is 6.43. The van der Waals surface area contributed by atoms with Crippen molar-refractivity contribution in [3.63, 3.8) is 0 Å². The van der Waals surface area contributed by atoms with E-state index in [-0.39, 0.29) is 25.8 Å². The van der Waals surface area contributed by atoms with Crippen molar-refractivity contribution < 1.29 is 34.2 Å². The second kappa shape index (κ2) is 22.9. The van der Waals surface area contributed by atoms with Crippen LogP contribution in [0.2, 0.25) is 0 Å². The minimum absolute atomic E-state index is 0.193. The summed E-state index contributed by atoms with van der Waals surface area (Å²) in [5, 5.41) is 30.0. The topological polar surface area (TPSA) is 112 Å². The number of nitrogens with zero attached hydrogens (tertiary/aromatic N) is 1. The van der Waals surface area contributed by atoms with Crippen molar-refractivity contribution in [2.75, 3.05) is 6.54 Å². The Labute approximate surface area is 238 Å². The molecule has 0 rings (SSSR count). The molecule has 0 saturated carbocycles. The molecule has 0 aliphatic rings. The highest BCUT2D eigenvalue weighted by atomic mass is 16.4. The van der Waals surface area contributed by atoms with Crippen molar-refractivity contribution in [1.82, 2.24) is 0 Å². The average Bonchev–Trinajstić information content (AvgIpc) is 2.88. The Morgan fingerprint density at radius 2 is 0.795 bits per heavy atom. The van der Waals surface area contributed by atoms with Gasteiger partial charge in [0.2, 0.25) is 0 Å². The summed E-state index contributed by atoms with van der Waals surface area (Å²) in [6, 6.07) is -3.18. The Balaban J connectivity index is 4.53. The molecule has 0 aromatic carbocycles. The molecule has 3 unspecified atom stereocenters. The molecule has 0 heterocycles.